The molecule has 0 N–H and O–H groups in total. The smallest absolute Gasteiger partial charge is 0.306 e. The first-order chi connectivity index (χ1) is 37.0. The van der Waals surface area contributed by atoms with Gasteiger partial charge in [0.15, 0.2) is 6.10 Å². The van der Waals surface area contributed by atoms with E-state index in [1.54, 1.807) is 0 Å². The van der Waals surface area contributed by atoms with Crippen molar-refractivity contribution in [2.45, 2.75) is 386 Å². The van der Waals surface area contributed by atoms with E-state index in [1.807, 2.05) is 0 Å². The number of carbonyl (C=O) groups is 3. The second-order valence-corrected chi connectivity index (χ2v) is 23.1. The Bertz CT molecular complexity index is 1210. The molecule has 442 valence electrons. The van der Waals surface area contributed by atoms with Gasteiger partial charge in [-0.1, -0.05) is 315 Å². The molecule has 0 fully saturated rings. The summed E-state index contributed by atoms with van der Waals surface area (Å²) in [6.07, 6.45) is 78.1. The van der Waals surface area contributed by atoms with Crippen LogP contribution in [0.1, 0.15) is 380 Å². The maximum absolute atomic E-state index is 12.8. The van der Waals surface area contributed by atoms with Crippen LogP contribution in [-0.2, 0) is 28.6 Å². The zero-order valence-electron chi connectivity index (χ0n) is 50.8. The molecule has 0 heterocycles. The first-order valence-electron chi connectivity index (χ1n) is 33.8. The first kappa shape index (κ1) is 72.9. The zero-order chi connectivity index (χ0) is 54.3. The number of carbonyl (C=O) groups excluding carboxylic acids is 3. The van der Waals surface area contributed by atoms with Gasteiger partial charge in [0, 0.05) is 19.3 Å². The molecule has 0 rings (SSSR count). The van der Waals surface area contributed by atoms with Crippen LogP contribution >= 0.6 is 0 Å². The van der Waals surface area contributed by atoms with E-state index in [1.165, 1.54) is 276 Å². The molecule has 1 unspecified atom stereocenters. The lowest BCUT2D eigenvalue weighted by Crippen LogP contribution is -2.30. The predicted octanol–water partition coefficient (Wildman–Crippen LogP) is 23.0. The van der Waals surface area contributed by atoms with E-state index >= 15 is 0 Å². The van der Waals surface area contributed by atoms with E-state index in [4.69, 9.17) is 14.2 Å². The van der Waals surface area contributed by atoms with Crippen LogP contribution < -0.4 is 0 Å². The number of hydrogen-bond acceptors (Lipinski definition) is 6. The largest absolute Gasteiger partial charge is 0.462 e. The quantitative estimate of drug-likeness (QED) is 0.0261. The Hall–Kier alpha value is -2.11. The van der Waals surface area contributed by atoms with Crippen molar-refractivity contribution in [3.05, 3.63) is 24.3 Å². The topological polar surface area (TPSA) is 78.9 Å². The lowest BCUT2D eigenvalue weighted by molar-refractivity contribution is -0.167. The molecule has 75 heavy (non-hydrogen) atoms. The Labute approximate surface area is 468 Å². The molecule has 0 aromatic carbocycles. The molecule has 0 saturated carbocycles. The van der Waals surface area contributed by atoms with Crippen molar-refractivity contribution < 1.29 is 28.6 Å². The van der Waals surface area contributed by atoms with Crippen molar-refractivity contribution in [2.24, 2.45) is 0 Å². The lowest BCUT2D eigenvalue weighted by atomic mass is 10.0. The summed E-state index contributed by atoms with van der Waals surface area (Å²) in [6.45, 7) is 6.66. The Morgan fingerprint density at radius 2 is 0.440 bits per heavy atom. The molecule has 0 aromatic rings. The summed E-state index contributed by atoms with van der Waals surface area (Å²) in [4.78, 5) is 38.1. The summed E-state index contributed by atoms with van der Waals surface area (Å²) in [5.41, 5.74) is 0. The average molecular weight is 1060 g/mol. The molecule has 6 nitrogen and oxygen atoms in total. The monoisotopic (exact) mass is 1050 g/mol. The third-order valence-corrected chi connectivity index (χ3v) is 15.4. The van der Waals surface area contributed by atoms with E-state index in [0.29, 0.717) is 19.3 Å². The SMILES string of the molecule is CCCCCCCCC/C=C\CCCCCCCC(=O)OC(COC(=O)CCCCCCCCCC)COC(=O)CCCCCCCCCCCCCCCCCCCCCCC/C=C\CCCCCCCCCC. The van der Waals surface area contributed by atoms with Gasteiger partial charge in [0.1, 0.15) is 13.2 Å². The van der Waals surface area contributed by atoms with Crippen LogP contribution in [0.15, 0.2) is 24.3 Å². The summed E-state index contributed by atoms with van der Waals surface area (Å²) in [7, 11) is 0. The molecular weight excluding hydrogens is 925 g/mol. The summed E-state index contributed by atoms with van der Waals surface area (Å²) < 4.78 is 16.9. The summed E-state index contributed by atoms with van der Waals surface area (Å²) >= 11 is 0. The van der Waals surface area contributed by atoms with Crippen molar-refractivity contribution in [3.8, 4) is 0 Å². The third kappa shape index (κ3) is 62.6. The summed E-state index contributed by atoms with van der Waals surface area (Å²) in [5, 5.41) is 0. The van der Waals surface area contributed by atoms with Gasteiger partial charge >= 0.3 is 17.9 Å². The van der Waals surface area contributed by atoms with E-state index < -0.39 is 6.10 Å². The minimum Gasteiger partial charge on any atom is -0.462 e. The van der Waals surface area contributed by atoms with Crippen molar-refractivity contribution in [1.29, 1.82) is 0 Å². The highest BCUT2D eigenvalue weighted by atomic mass is 16.6. The molecule has 0 aliphatic carbocycles. The highest BCUT2D eigenvalue weighted by Gasteiger charge is 2.19. The minimum absolute atomic E-state index is 0.0690. The fourth-order valence-electron chi connectivity index (χ4n) is 10.3. The van der Waals surface area contributed by atoms with Gasteiger partial charge in [0.25, 0.3) is 0 Å². The fraction of sp³-hybridized carbons (Fsp3) is 0.899. The summed E-state index contributed by atoms with van der Waals surface area (Å²) in [5.74, 6) is -0.858. The Morgan fingerprint density at radius 1 is 0.253 bits per heavy atom. The van der Waals surface area contributed by atoms with Crippen LogP contribution in [0.5, 0.6) is 0 Å². The lowest BCUT2D eigenvalue weighted by Gasteiger charge is -2.18. The Morgan fingerprint density at radius 3 is 0.667 bits per heavy atom. The molecule has 0 spiro atoms. The highest BCUT2D eigenvalue weighted by Crippen LogP contribution is 2.18. The van der Waals surface area contributed by atoms with Crippen LogP contribution in [0.25, 0.3) is 0 Å². The van der Waals surface area contributed by atoms with Crippen LogP contribution in [-0.4, -0.2) is 37.2 Å². The van der Waals surface area contributed by atoms with E-state index in [-0.39, 0.29) is 31.1 Å². The van der Waals surface area contributed by atoms with Crippen molar-refractivity contribution >= 4 is 17.9 Å². The molecule has 0 aliphatic heterocycles. The number of hydrogen-bond donors (Lipinski definition) is 0. The average Bonchev–Trinajstić information content (AvgIpc) is 3.41. The third-order valence-electron chi connectivity index (χ3n) is 15.4. The molecule has 0 saturated heterocycles. The van der Waals surface area contributed by atoms with E-state index in [2.05, 4.69) is 45.1 Å². The highest BCUT2D eigenvalue weighted by molar-refractivity contribution is 5.71. The van der Waals surface area contributed by atoms with Gasteiger partial charge in [-0.2, -0.15) is 0 Å². The molecular formula is C69H130O6. The second kappa shape index (κ2) is 64.4. The van der Waals surface area contributed by atoms with E-state index in [9.17, 15) is 14.4 Å². The maximum Gasteiger partial charge on any atom is 0.306 e. The van der Waals surface area contributed by atoms with Crippen LogP contribution in [0.4, 0.5) is 0 Å². The van der Waals surface area contributed by atoms with Gasteiger partial charge in [0.05, 0.1) is 0 Å². The zero-order valence-corrected chi connectivity index (χ0v) is 50.8. The standard InChI is InChI=1S/C69H130O6/c1-4-7-10-13-16-19-21-23-25-27-28-29-30-31-32-33-34-35-36-37-38-39-40-41-42-43-45-46-48-50-53-56-59-62-68(71)74-65-66(64-73-67(70)61-58-55-52-18-15-12-9-6-3)75-69(72)63-60-57-54-51-49-47-44-26-24-22-20-17-14-11-8-5-2/h26-28,44,66H,4-25,29-43,45-65H2,1-3H3/b28-27-,44-26-. The molecule has 6 heteroatoms. The van der Waals surface area contributed by atoms with Gasteiger partial charge in [0.2, 0.25) is 0 Å². The molecule has 0 radical (unpaired) electrons. The molecule has 0 aromatic heterocycles. The van der Waals surface area contributed by atoms with E-state index in [0.717, 1.165) is 64.2 Å². The molecule has 0 bridgehead atoms. The minimum atomic E-state index is -0.770. The van der Waals surface area contributed by atoms with Gasteiger partial charge < -0.3 is 14.2 Å². The number of esters is 3. The summed E-state index contributed by atoms with van der Waals surface area (Å²) in [6, 6.07) is 0. The predicted molar refractivity (Wildman–Crippen MR) is 326 cm³/mol. The normalized spacial score (nSPS) is 12.1. The number of unbranched alkanes of at least 4 members (excludes halogenated alkanes) is 48. The van der Waals surface area contributed by atoms with Crippen LogP contribution in [0.2, 0.25) is 0 Å². The van der Waals surface area contributed by atoms with Gasteiger partial charge in [-0.3, -0.25) is 14.4 Å². The van der Waals surface area contributed by atoms with Crippen molar-refractivity contribution in [3.63, 3.8) is 0 Å². The number of allylic oxidation sites excluding steroid dienone is 4. The van der Waals surface area contributed by atoms with Crippen LogP contribution in [0, 0.1) is 0 Å². The Balaban J connectivity index is 3.97. The van der Waals surface area contributed by atoms with Gasteiger partial charge in [-0.15, -0.1) is 0 Å². The Kier molecular flexibility index (Phi) is 62.6. The maximum atomic E-state index is 12.8. The van der Waals surface area contributed by atoms with Gasteiger partial charge in [-0.05, 0) is 70.6 Å². The molecule has 1 atom stereocenters. The fourth-order valence-corrected chi connectivity index (χ4v) is 10.3. The number of rotatable bonds is 63. The van der Waals surface area contributed by atoms with Crippen LogP contribution in [0.3, 0.4) is 0 Å². The number of ether oxygens (including phenoxy) is 3. The molecule has 0 aliphatic rings. The molecule has 0 amide bonds. The van der Waals surface area contributed by atoms with Crippen molar-refractivity contribution in [1.82, 2.24) is 0 Å². The first-order valence-corrected chi connectivity index (χ1v) is 33.8. The second-order valence-electron chi connectivity index (χ2n) is 23.1. The van der Waals surface area contributed by atoms with Crippen molar-refractivity contribution in [2.75, 3.05) is 13.2 Å². The van der Waals surface area contributed by atoms with Gasteiger partial charge in [-0.25, -0.2) is 0 Å².